The van der Waals surface area contributed by atoms with Crippen molar-refractivity contribution >= 4 is 40.6 Å². The number of hydrogen-bond donors (Lipinski definition) is 1. The van der Waals surface area contributed by atoms with E-state index in [9.17, 15) is 14.4 Å². The maximum absolute atomic E-state index is 14.6. The number of para-hydroxylation sites is 1. The van der Waals surface area contributed by atoms with Gasteiger partial charge in [-0.2, -0.15) is 0 Å². The summed E-state index contributed by atoms with van der Waals surface area (Å²) in [6, 6.07) is 6.88. The zero-order valence-corrected chi connectivity index (χ0v) is 24.1. The molecule has 4 heterocycles. The number of carbonyl (C=O) groups is 3. The van der Waals surface area contributed by atoms with Gasteiger partial charge in [0, 0.05) is 24.4 Å². The molecule has 5 rings (SSSR count). The standard InChI is InChI=1S/C29H39N5O5S/c1-4-16-32(19-34-21-13-9-8-12-20(21)30-31-34)26(37)24-29-15-14-28(3,40-29)23(27(38)39-5-2)22(29)25(36)33(24)17-10-6-7-11-18-35/h4,8-9,12-13,22-24,35H,1,5-7,10-11,14-19H2,2-3H3/t22-,23+,24?,28-,29?/m0/s1. The van der Waals surface area contributed by atoms with Crippen LogP contribution in [0.2, 0.25) is 0 Å². The first kappa shape index (κ1) is 28.6. The van der Waals surface area contributed by atoms with Crippen molar-refractivity contribution < 1.29 is 24.2 Å². The Morgan fingerprint density at radius 3 is 2.77 bits per heavy atom. The van der Waals surface area contributed by atoms with Crippen LogP contribution in [0.1, 0.15) is 52.4 Å². The third-order valence-corrected chi connectivity index (χ3v) is 10.7. The van der Waals surface area contributed by atoms with E-state index >= 15 is 0 Å². The molecule has 3 aliphatic heterocycles. The highest BCUT2D eigenvalue weighted by Gasteiger charge is 2.77. The van der Waals surface area contributed by atoms with E-state index in [1.807, 2.05) is 31.2 Å². The first-order valence-electron chi connectivity index (χ1n) is 14.3. The van der Waals surface area contributed by atoms with Gasteiger partial charge in [0.05, 0.1) is 28.7 Å². The molecular formula is C29H39N5O5S. The largest absolute Gasteiger partial charge is 0.466 e. The summed E-state index contributed by atoms with van der Waals surface area (Å²) in [5, 5.41) is 17.7. The Balaban J connectivity index is 1.49. The van der Waals surface area contributed by atoms with Crippen LogP contribution in [-0.4, -0.2) is 89.5 Å². The van der Waals surface area contributed by atoms with E-state index < -0.39 is 27.4 Å². The fourth-order valence-corrected chi connectivity index (χ4v) is 9.35. The molecule has 2 amide bonds. The van der Waals surface area contributed by atoms with Crippen molar-refractivity contribution in [1.29, 1.82) is 0 Å². The predicted octanol–water partition coefficient (Wildman–Crippen LogP) is 3.00. The van der Waals surface area contributed by atoms with Gasteiger partial charge < -0.3 is 19.6 Å². The number of benzene rings is 1. The van der Waals surface area contributed by atoms with Crippen molar-refractivity contribution in [3.05, 3.63) is 36.9 Å². The minimum Gasteiger partial charge on any atom is -0.466 e. The fourth-order valence-electron chi connectivity index (χ4n) is 7.01. The van der Waals surface area contributed by atoms with Crippen LogP contribution in [0.25, 0.3) is 11.0 Å². The smallest absolute Gasteiger partial charge is 0.311 e. The molecule has 1 aromatic heterocycles. The quantitative estimate of drug-likeness (QED) is 0.222. The van der Waals surface area contributed by atoms with E-state index in [0.29, 0.717) is 19.4 Å². The number of ether oxygens (including phenoxy) is 1. The highest BCUT2D eigenvalue weighted by Crippen LogP contribution is 2.71. The third-order valence-electron chi connectivity index (χ3n) is 8.74. The number of esters is 1. The summed E-state index contributed by atoms with van der Waals surface area (Å²) in [6.45, 7) is 8.98. The highest BCUT2D eigenvalue weighted by molar-refractivity contribution is 8.02. The summed E-state index contributed by atoms with van der Waals surface area (Å²) >= 11 is 1.65. The van der Waals surface area contributed by atoms with Crippen LogP contribution in [0, 0.1) is 11.8 Å². The molecule has 1 spiro atoms. The number of rotatable bonds is 13. The van der Waals surface area contributed by atoms with Gasteiger partial charge in [-0.25, -0.2) is 4.68 Å². The van der Waals surface area contributed by atoms with E-state index in [1.165, 1.54) is 0 Å². The molecule has 3 aliphatic rings. The molecule has 0 radical (unpaired) electrons. The fraction of sp³-hybridized carbons (Fsp3) is 0.621. The molecular weight excluding hydrogens is 530 g/mol. The minimum absolute atomic E-state index is 0.126. The number of aliphatic hydroxyl groups is 1. The number of aromatic nitrogens is 3. The lowest BCUT2D eigenvalue weighted by Crippen LogP contribution is -2.55. The Bertz CT molecular complexity index is 1280. The van der Waals surface area contributed by atoms with Crippen LogP contribution in [0.5, 0.6) is 0 Å². The number of aliphatic hydroxyl groups excluding tert-OH is 1. The lowest BCUT2D eigenvalue weighted by Gasteiger charge is -2.37. The van der Waals surface area contributed by atoms with Crippen LogP contribution in [0.15, 0.2) is 36.9 Å². The molecule has 1 N–H and O–H groups in total. The SMILES string of the molecule is C=CCN(Cn1nnc2ccccc21)C(=O)C1N(CCCCCCO)C(=O)[C@@H]2[C@H](C(=O)OCC)[C@]3(C)CCC12S3. The highest BCUT2D eigenvalue weighted by atomic mass is 32.2. The van der Waals surface area contributed by atoms with Gasteiger partial charge in [0.1, 0.15) is 18.2 Å². The van der Waals surface area contributed by atoms with E-state index in [-0.39, 0.29) is 44.2 Å². The average molecular weight is 570 g/mol. The second kappa shape index (κ2) is 11.5. The van der Waals surface area contributed by atoms with Crippen LogP contribution in [-0.2, 0) is 25.8 Å². The van der Waals surface area contributed by atoms with E-state index in [0.717, 1.165) is 36.7 Å². The number of fused-ring (bicyclic) bond motifs is 2. The lowest BCUT2D eigenvalue weighted by molar-refractivity contribution is -0.155. The number of hydrogen-bond acceptors (Lipinski definition) is 8. The first-order valence-corrected chi connectivity index (χ1v) is 15.1. The Kier molecular flexibility index (Phi) is 8.24. The van der Waals surface area contributed by atoms with Crippen molar-refractivity contribution in [1.82, 2.24) is 24.8 Å². The monoisotopic (exact) mass is 569 g/mol. The summed E-state index contributed by atoms with van der Waals surface area (Å²) in [4.78, 5) is 45.5. The maximum Gasteiger partial charge on any atom is 0.311 e. The van der Waals surface area contributed by atoms with E-state index in [1.54, 1.807) is 39.2 Å². The molecule has 10 nitrogen and oxygen atoms in total. The summed E-state index contributed by atoms with van der Waals surface area (Å²) in [6.07, 6.45) is 6.24. The molecule has 3 fully saturated rings. The molecule has 2 aromatic rings. The molecule has 3 saturated heterocycles. The number of thioether (sulfide) groups is 1. The van der Waals surface area contributed by atoms with Crippen LogP contribution in [0.4, 0.5) is 0 Å². The van der Waals surface area contributed by atoms with Gasteiger partial charge in [-0.15, -0.1) is 23.4 Å². The van der Waals surface area contributed by atoms with Crippen molar-refractivity contribution in [2.45, 2.75) is 74.6 Å². The van der Waals surface area contributed by atoms with Gasteiger partial charge in [-0.1, -0.05) is 36.3 Å². The summed E-state index contributed by atoms with van der Waals surface area (Å²) in [5.74, 6) is -1.81. The van der Waals surface area contributed by atoms with Gasteiger partial charge in [-0.05, 0) is 51.7 Å². The molecule has 11 heteroatoms. The number of unbranched alkanes of at least 4 members (excludes halogenated alkanes) is 3. The Morgan fingerprint density at radius 1 is 1.25 bits per heavy atom. The second-order valence-corrected chi connectivity index (χ2v) is 13.1. The minimum atomic E-state index is -0.705. The van der Waals surface area contributed by atoms with Gasteiger partial charge in [0.25, 0.3) is 0 Å². The molecule has 2 bridgehead atoms. The molecule has 216 valence electrons. The van der Waals surface area contributed by atoms with Crippen molar-refractivity contribution in [3.8, 4) is 0 Å². The first-order chi connectivity index (χ1) is 19.3. The summed E-state index contributed by atoms with van der Waals surface area (Å²) in [7, 11) is 0. The van der Waals surface area contributed by atoms with Gasteiger partial charge in [0.15, 0.2) is 0 Å². The number of nitrogens with zero attached hydrogens (tertiary/aromatic N) is 5. The molecule has 5 atom stereocenters. The van der Waals surface area contributed by atoms with Gasteiger partial charge in [-0.3, -0.25) is 14.4 Å². The van der Waals surface area contributed by atoms with Crippen molar-refractivity contribution in [2.75, 3.05) is 26.3 Å². The number of likely N-dealkylation sites (tertiary alicyclic amines) is 1. The van der Waals surface area contributed by atoms with Crippen LogP contribution < -0.4 is 0 Å². The van der Waals surface area contributed by atoms with E-state index in [2.05, 4.69) is 16.9 Å². The third kappa shape index (κ3) is 4.70. The second-order valence-electron chi connectivity index (χ2n) is 11.2. The van der Waals surface area contributed by atoms with Crippen molar-refractivity contribution in [3.63, 3.8) is 0 Å². The average Bonchev–Trinajstić information content (AvgIpc) is 3.64. The number of amides is 2. The molecule has 40 heavy (non-hydrogen) atoms. The lowest BCUT2D eigenvalue weighted by atomic mass is 9.66. The Labute approximate surface area is 239 Å². The molecule has 0 saturated carbocycles. The summed E-state index contributed by atoms with van der Waals surface area (Å²) < 4.78 is 6.02. The molecule has 2 unspecified atom stereocenters. The predicted molar refractivity (Wildman–Crippen MR) is 152 cm³/mol. The summed E-state index contributed by atoms with van der Waals surface area (Å²) in [5.41, 5.74) is 1.55. The zero-order valence-electron chi connectivity index (χ0n) is 23.3. The van der Waals surface area contributed by atoms with Crippen molar-refractivity contribution in [2.24, 2.45) is 11.8 Å². The van der Waals surface area contributed by atoms with Crippen LogP contribution >= 0.6 is 11.8 Å². The molecule has 0 aliphatic carbocycles. The van der Waals surface area contributed by atoms with E-state index in [4.69, 9.17) is 9.84 Å². The zero-order chi connectivity index (χ0) is 28.5. The maximum atomic E-state index is 14.6. The van der Waals surface area contributed by atoms with Gasteiger partial charge in [0.2, 0.25) is 11.8 Å². The van der Waals surface area contributed by atoms with Gasteiger partial charge >= 0.3 is 5.97 Å². The van der Waals surface area contributed by atoms with Crippen LogP contribution in [0.3, 0.4) is 0 Å². The Morgan fingerprint density at radius 2 is 2.02 bits per heavy atom. The number of carbonyl (C=O) groups excluding carboxylic acids is 3. The topological polar surface area (TPSA) is 118 Å². The normalized spacial score (nSPS) is 28.7. The molecule has 1 aromatic carbocycles. The Hall–Kier alpha value is -2.92.